The van der Waals surface area contributed by atoms with Gasteiger partial charge in [-0.15, -0.1) is 0 Å². The number of nitrogens with one attached hydrogen (secondary N) is 1. The fraction of sp³-hybridized carbons (Fsp3) is 0.417. The Labute approximate surface area is 267 Å². The Morgan fingerprint density at radius 3 is 2.72 bits per heavy atom. The molecule has 0 saturated heterocycles. The molecule has 3 aromatic rings. The molecule has 3 atom stereocenters. The van der Waals surface area contributed by atoms with Crippen LogP contribution in [0.4, 0.5) is 0 Å². The van der Waals surface area contributed by atoms with Gasteiger partial charge in [0, 0.05) is 54.3 Å². The Balaban J connectivity index is 1.49. The fourth-order valence-electron chi connectivity index (χ4n) is 6.95. The van der Waals surface area contributed by atoms with Crippen LogP contribution >= 0.6 is 0 Å². The second-order valence-corrected chi connectivity index (χ2v) is 12.3. The van der Waals surface area contributed by atoms with Crippen molar-refractivity contribution in [3.8, 4) is 17.2 Å². The summed E-state index contributed by atoms with van der Waals surface area (Å²) in [5.41, 5.74) is 3.24. The van der Waals surface area contributed by atoms with Crippen LogP contribution in [0, 0.1) is 0 Å². The van der Waals surface area contributed by atoms with Crippen LogP contribution in [-0.2, 0) is 25.5 Å². The zero-order valence-electron chi connectivity index (χ0n) is 26.3. The Bertz CT molecular complexity index is 1760. The first kappa shape index (κ1) is 31.6. The molecule has 2 aromatic carbocycles. The molecule has 2 aliphatic heterocycles. The molecule has 3 heterocycles. The first-order chi connectivity index (χ1) is 22.2. The number of esters is 1. The molecular formula is C36H39NO9. The molecule has 1 fully saturated rings. The quantitative estimate of drug-likeness (QED) is 0.159. The first-order valence-corrected chi connectivity index (χ1v) is 15.8. The van der Waals surface area contributed by atoms with Crippen molar-refractivity contribution in [1.29, 1.82) is 0 Å². The van der Waals surface area contributed by atoms with Crippen LogP contribution in [0.3, 0.4) is 0 Å². The molecule has 1 aliphatic carbocycles. The number of aliphatic hydroxyl groups excluding tert-OH is 1. The lowest BCUT2D eigenvalue weighted by molar-refractivity contribution is -0.141. The number of aromatic amines is 1. The highest BCUT2D eigenvalue weighted by Crippen LogP contribution is 2.54. The Morgan fingerprint density at radius 1 is 1.15 bits per heavy atom. The number of Topliss-reactive ketones (excluding diaryl/α,β-unsaturated/α-hetero) is 1. The van der Waals surface area contributed by atoms with E-state index in [2.05, 4.69) is 4.98 Å². The van der Waals surface area contributed by atoms with E-state index in [4.69, 9.17) is 18.9 Å². The number of carbonyl (C=O) groups excluding carboxylic acids is 3. The molecule has 242 valence electrons. The predicted octanol–water partition coefficient (Wildman–Crippen LogP) is 5.09. The number of hydrogen-bond acceptors (Lipinski definition) is 9. The highest BCUT2D eigenvalue weighted by Gasteiger charge is 2.43. The lowest BCUT2D eigenvalue weighted by Gasteiger charge is -2.31. The van der Waals surface area contributed by atoms with Crippen LogP contribution in [-0.4, -0.2) is 65.3 Å². The molecule has 46 heavy (non-hydrogen) atoms. The monoisotopic (exact) mass is 629 g/mol. The minimum Gasteiger partial charge on any atom is -0.496 e. The van der Waals surface area contributed by atoms with E-state index in [1.54, 1.807) is 19.9 Å². The number of fused-ring (bicyclic) bond motifs is 3. The number of ketones is 1. The SMILES string of the molecule is CCOC(=O)C1=C(C=O)/C(=C2\CCC(=O)[C@@H](c3ccc4[nH]ccc4c3)C2)c2c(cc3c(c2OC)C[C@@H]([C@@](C)(O)CCCCO)O3)O1. The standard InChI is InChI=1S/C36H39NO9/c1-4-44-35(41)34-25(19-39)31(22-8-10-27(40)23(16-22)20-7-9-26-21(15-20)11-13-37-26)32-29(46-34)18-28-24(33(32)43-3)17-30(45-28)36(2,42)12-5-6-14-38/h7,9,11,13,15,18-19,23,30,37-38,42H,4-6,8,10,12,14,16-17H2,1-3H3/b31-22-/t23-,30+,36+/m1/s1. The van der Waals surface area contributed by atoms with Gasteiger partial charge in [-0.3, -0.25) is 9.59 Å². The molecule has 0 spiro atoms. The third kappa shape index (κ3) is 5.60. The molecule has 1 aromatic heterocycles. The van der Waals surface area contributed by atoms with Crippen LogP contribution in [0.1, 0.15) is 75.0 Å². The Kier molecular flexibility index (Phi) is 8.76. The maximum atomic E-state index is 13.4. The van der Waals surface area contributed by atoms with Crippen molar-refractivity contribution in [2.45, 2.75) is 76.4 Å². The van der Waals surface area contributed by atoms with Crippen molar-refractivity contribution in [2.24, 2.45) is 0 Å². The largest absolute Gasteiger partial charge is 0.496 e. The second kappa shape index (κ2) is 12.8. The van der Waals surface area contributed by atoms with E-state index in [0.29, 0.717) is 73.0 Å². The number of rotatable bonds is 10. The van der Waals surface area contributed by atoms with Gasteiger partial charge in [0.1, 0.15) is 29.1 Å². The van der Waals surface area contributed by atoms with Gasteiger partial charge in [-0.05, 0) is 75.1 Å². The number of H-pyrrole nitrogens is 1. The van der Waals surface area contributed by atoms with Gasteiger partial charge in [0.15, 0.2) is 6.29 Å². The summed E-state index contributed by atoms with van der Waals surface area (Å²) in [6, 6.07) is 9.55. The maximum absolute atomic E-state index is 13.4. The third-order valence-electron chi connectivity index (χ3n) is 9.35. The second-order valence-electron chi connectivity index (χ2n) is 12.3. The molecule has 3 N–H and O–H groups in total. The number of methoxy groups -OCH3 is 1. The zero-order chi connectivity index (χ0) is 32.6. The highest BCUT2D eigenvalue weighted by molar-refractivity contribution is 6.10. The number of aliphatic hydroxyl groups is 2. The zero-order valence-corrected chi connectivity index (χ0v) is 26.3. The van der Waals surface area contributed by atoms with E-state index in [1.165, 1.54) is 7.11 Å². The van der Waals surface area contributed by atoms with Gasteiger partial charge in [-0.25, -0.2) is 4.79 Å². The highest BCUT2D eigenvalue weighted by atomic mass is 16.6. The molecule has 3 aliphatic rings. The van der Waals surface area contributed by atoms with Gasteiger partial charge in [0.2, 0.25) is 5.76 Å². The average molecular weight is 630 g/mol. The number of benzene rings is 2. The van der Waals surface area contributed by atoms with Crippen LogP contribution in [0.5, 0.6) is 17.2 Å². The number of ether oxygens (including phenoxy) is 4. The summed E-state index contributed by atoms with van der Waals surface area (Å²) >= 11 is 0. The van der Waals surface area contributed by atoms with Gasteiger partial charge in [0.25, 0.3) is 0 Å². The molecule has 1 saturated carbocycles. The third-order valence-corrected chi connectivity index (χ3v) is 9.35. The van der Waals surface area contributed by atoms with Crippen LogP contribution < -0.4 is 14.2 Å². The molecule has 0 amide bonds. The smallest absolute Gasteiger partial charge is 0.375 e. The number of aromatic nitrogens is 1. The number of unbranched alkanes of at least 4 members (excludes halogenated alkanes) is 1. The van der Waals surface area contributed by atoms with Gasteiger partial charge in [-0.2, -0.15) is 0 Å². The van der Waals surface area contributed by atoms with Crippen LogP contribution in [0.2, 0.25) is 0 Å². The predicted molar refractivity (Wildman–Crippen MR) is 170 cm³/mol. The van der Waals surface area contributed by atoms with E-state index >= 15 is 0 Å². The number of allylic oxidation sites excluding steroid dienone is 3. The average Bonchev–Trinajstić information content (AvgIpc) is 3.70. The normalized spacial score (nSPS) is 22.1. The summed E-state index contributed by atoms with van der Waals surface area (Å²) in [6.07, 6.45) is 4.81. The lowest BCUT2D eigenvalue weighted by atomic mass is 9.75. The molecule has 0 radical (unpaired) electrons. The maximum Gasteiger partial charge on any atom is 0.375 e. The van der Waals surface area contributed by atoms with E-state index < -0.39 is 23.6 Å². The minimum atomic E-state index is -1.19. The van der Waals surface area contributed by atoms with Crippen molar-refractivity contribution < 1.29 is 43.5 Å². The van der Waals surface area contributed by atoms with E-state index in [9.17, 15) is 24.6 Å². The van der Waals surface area contributed by atoms with Gasteiger partial charge >= 0.3 is 5.97 Å². The summed E-state index contributed by atoms with van der Waals surface area (Å²) in [7, 11) is 1.52. The molecule has 10 heteroatoms. The number of aldehydes is 1. The van der Waals surface area contributed by atoms with Gasteiger partial charge in [-0.1, -0.05) is 11.6 Å². The van der Waals surface area contributed by atoms with Crippen molar-refractivity contribution >= 4 is 34.5 Å². The van der Waals surface area contributed by atoms with Crippen molar-refractivity contribution in [3.05, 3.63) is 70.1 Å². The molecule has 10 nitrogen and oxygen atoms in total. The van der Waals surface area contributed by atoms with Crippen LogP contribution in [0.15, 0.2) is 53.4 Å². The summed E-state index contributed by atoms with van der Waals surface area (Å²) in [6.45, 7) is 3.51. The van der Waals surface area contributed by atoms with E-state index in [1.807, 2.05) is 30.5 Å². The van der Waals surface area contributed by atoms with Crippen molar-refractivity contribution in [2.75, 3.05) is 20.3 Å². The first-order valence-electron chi connectivity index (χ1n) is 15.8. The Hall–Kier alpha value is -4.41. The van der Waals surface area contributed by atoms with Crippen molar-refractivity contribution in [1.82, 2.24) is 4.98 Å². The summed E-state index contributed by atoms with van der Waals surface area (Å²) in [4.78, 5) is 42.6. The van der Waals surface area contributed by atoms with Crippen molar-refractivity contribution in [3.63, 3.8) is 0 Å². The van der Waals surface area contributed by atoms with Gasteiger partial charge < -0.3 is 34.1 Å². The summed E-state index contributed by atoms with van der Waals surface area (Å²) in [5, 5.41) is 21.6. The topological polar surface area (TPSA) is 144 Å². The molecule has 6 rings (SSSR count). The minimum absolute atomic E-state index is 0.0409. The molecule has 0 unspecified atom stereocenters. The van der Waals surface area contributed by atoms with Crippen LogP contribution in [0.25, 0.3) is 16.5 Å². The van der Waals surface area contributed by atoms with E-state index in [-0.39, 0.29) is 42.5 Å². The molecule has 0 bridgehead atoms. The molecular weight excluding hydrogens is 590 g/mol. The van der Waals surface area contributed by atoms with Gasteiger partial charge in [0.05, 0.1) is 30.5 Å². The van der Waals surface area contributed by atoms with E-state index in [0.717, 1.165) is 22.0 Å². The fourth-order valence-corrected chi connectivity index (χ4v) is 6.95. The summed E-state index contributed by atoms with van der Waals surface area (Å²) < 4.78 is 23.7. The lowest BCUT2D eigenvalue weighted by Crippen LogP contribution is -2.42. The number of carbonyl (C=O) groups is 3. The Morgan fingerprint density at radius 2 is 1.98 bits per heavy atom. The number of hydrogen-bond donors (Lipinski definition) is 3. The summed E-state index contributed by atoms with van der Waals surface area (Å²) in [5.74, 6) is -0.219.